The maximum atomic E-state index is 12.4. The third-order valence-electron chi connectivity index (χ3n) is 5.63. The molecular formula is C25H28F2S. The van der Waals surface area contributed by atoms with E-state index in [1.165, 1.54) is 50.5 Å². The van der Waals surface area contributed by atoms with Gasteiger partial charge in [-0.3, -0.25) is 0 Å². The molecule has 2 aromatic rings. The van der Waals surface area contributed by atoms with Crippen LogP contribution in [0, 0.1) is 17.8 Å². The molecule has 3 rings (SSSR count). The second-order valence-corrected chi connectivity index (χ2v) is 8.70. The van der Waals surface area contributed by atoms with Gasteiger partial charge in [0, 0.05) is 16.0 Å². The van der Waals surface area contributed by atoms with Crippen molar-refractivity contribution >= 4 is 11.8 Å². The molecule has 28 heavy (non-hydrogen) atoms. The van der Waals surface area contributed by atoms with Crippen molar-refractivity contribution < 1.29 is 8.78 Å². The second-order valence-electron chi connectivity index (χ2n) is 7.63. The molecule has 3 heteroatoms. The quantitative estimate of drug-likeness (QED) is 0.352. The first-order valence-corrected chi connectivity index (χ1v) is 11.2. The van der Waals surface area contributed by atoms with E-state index >= 15 is 0 Å². The highest BCUT2D eigenvalue weighted by atomic mass is 32.2. The van der Waals surface area contributed by atoms with Crippen LogP contribution in [0.2, 0.25) is 0 Å². The third kappa shape index (κ3) is 6.38. The molecule has 0 unspecified atom stereocenters. The van der Waals surface area contributed by atoms with E-state index in [0.717, 1.165) is 17.0 Å². The number of hydrogen-bond acceptors (Lipinski definition) is 1. The van der Waals surface area contributed by atoms with Crippen molar-refractivity contribution in [3.63, 3.8) is 0 Å². The molecule has 0 aromatic heterocycles. The van der Waals surface area contributed by atoms with Gasteiger partial charge in [-0.15, -0.1) is 0 Å². The Kier molecular flexibility index (Phi) is 7.98. The van der Waals surface area contributed by atoms with E-state index in [-0.39, 0.29) is 0 Å². The summed E-state index contributed by atoms with van der Waals surface area (Å²) in [6.45, 7) is 2.28. The lowest BCUT2D eigenvalue weighted by Crippen LogP contribution is -2.13. The third-order valence-corrected chi connectivity index (χ3v) is 6.35. The van der Waals surface area contributed by atoms with E-state index in [1.54, 1.807) is 24.3 Å². The molecule has 0 amide bonds. The van der Waals surface area contributed by atoms with Gasteiger partial charge in [0.1, 0.15) is 0 Å². The van der Waals surface area contributed by atoms with Crippen LogP contribution in [0.3, 0.4) is 0 Å². The number of unbranched alkanes of at least 4 members (excludes halogenated alkanes) is 1. The lowest BCUT2D eigenvalue weighted by atomic mass is 9.77. The fourth-order valence-electron chi connectivity index (χ4n) is 3.98. The number of benzene rings is 2. The molecule has 1 fully saturated rings. The number of alkyl halides is 2. The highest BCUT2D eigenvalue weighted by molar-refractivity contribution is 7.99. The molecule has 1 aliphatic carbocycles. The van der Waals surface area contributed by atoms with E-state index in [2.05, 4.69) is 43.0 Å². The lowest BCUT2D eigenvalue weighted by Gasteiger charge is -2.28. The van der Waals surface area contributed by atoms with E-state index in [1.807, 2.05) is 0 Å². The summed E-state index contributed by atoms with van der Waals surface area (Å²) in [6.07, 6.45) is 9.43. The Bertz CT molecular complexity index is 776. The van der Waals surface area contributed by atoms with Crippen LogP contribution in [0.4, 0.5) is 8.78 Å². The predicted molar refractivity (Wildman–Crippen MR) is 115 cm³/mol. The average molecular weight is 399 g/mol. The Balaban J connectivity index is 1.55. The van der Waals surface area contributed by atoms with E-state index in [4.69, 9.17) is 0 Å². The molecule has 0 heterocycles. The molecule has 0 radical (unpaired) electrons. The van der Waals surface area contributed by atoms with Crippen molar-refractivity contribution in [3.8, 4) is 11.8 Å². The second kappa shape index (κ2) is 10.7. The van der Waals surface area contributed by atoms with Crippen LogP contribution in [-0.4, -0.2) is 5.76 Å². The van der Waals surface area contributed by atoms with Crippen molar-refractivity contribution in [1.82, 2.24) is 0 Å². The van der Waals surface area contributed by atoms with Crippen molar-refractivity contribution in [3.05, 3.63) is 65.2 Å². The molecule has 0 spiro atoms. The minimum absolute atomic E-state index is 0.559. The highest BCUT2D eigenvalue weighted by Gasteiger charge is 2.21. The zero-order valence-electron chi connectivity index (χ0n) is 16.5. The number of rotatable bonds is 6. The fourth-order valence-corrected chi connectivity index (χ4v) is 4.48. The zero-order chi connectivity index (χ0) is 19.8. The average Bonchev–Trinajstić information content (AvgIpc) is 2.72. The lowest BCUT2D eigenvalue weighted by molar-refractivity contribution is 0.252. The monoisotopic (exact) mass is 398 g/mol. The van der Waals surface area contributed by atoms with Gasteiger partial charge in [-0.25, -0.2) is 0 Å². The van der Waals surface area contributed by atoms with E-state index in [9.17, 15) is 8.78 Å². The van der Waals surface area contributed by atoms with Gasteiger partial charge in [-0.05, 0) is 79.5 Å². The minimum atomic E-state index is -2.39. The molecule has 0 bridgehead atoms. The summed E-state index contributed by atoms with van der Waals surface area (Å²) in [5.41, 5.74) is 3.27. The molecular weight excluding hydrogens is 370 g/mol. The van der Waals surface area contributed by atoms with Gasteiger partial charge in [0.05, 0.1) is 0 Å². The normalized spacial score (nSPS) is 19.3. The van der Waals surface area contributed by atoms with Crippen molar-refractivity contribution in [1.29, 1.82) is 0 Å². The van der Waals surface area contributed by atoms with Crippen LogP contribution in [0.15, 0.2) is 53.4 Å². The SMILES string of the molecule is CCCCC1CCC(c2ccc(C#Cc3ccc(SC(F)F)cc3)cc2)CC1. The van der Waals surface area contributed by atoms with Gasteiger partial charge in [0.2, 0.25) is 0 Å². The van der Waals surface area contributed by atoms with E-state index < -0.39 is 5.76 Å². The molecule has 0 saturated heterocycles. The molecule has 0 aliphatic heterocycles. The smallest absolute Gasteiger partial charge is 0.198 e. The summed E-state index contributed by atoms with van der Waals surface area (Å²) < 4.78 is 24.7. The van der Waals surface area contributed by atoms with E-state index in [0.29, 0.717) is 22.6 Å². The Morgan fingerprint density at radius 1 is 0.893 bits per heavy atom. The topological polar surface area (TPSA) is 0 Å². The first-order chi connectivity index (χ1) is 13.6. The molecule has 0 atom stereocenters. The van der Waals surface area contributed by atoms with Crippen LogP contribution in [0.5, 0.6) is 0 Å². The molecule has 148 valence electrons. The standard InChI is InChI=1S/C25H28F2S/c1-2-3-4-19-7-13-22(14-8-19)23-15-9-20(10-16-23)5-6-21-11-17-24(18-12-21)28-25(26)27/h9-12,15-19,22,25H,2-4,7-8,13-14H2,1H3. The van der Waals surface area contributed by atoms with Gasteiger partial charge >= 0.3 is 0 Å². The highest BCUT2D eigenvalue weighted by Crippen LogP contribution is 2.37. The van der Waals surface area contributed by atoms with Crippen LogP contribution >= 0.6 is 11.8 Å². The van der Waals surface area contributed by atoms with Crippen LogP contribution in [0.1, 0.15) is 74.5 Å². The van der Waals surface area contributed by atoms with Crippen molar-refractivity contribution in [2.75, 3.05) is 0 Å². The summed E-state index contributed by atoms with van der Waals surface area (Å²) in [5, 5.41) is 0. The number of halogens is 2. The molecule has 2 aromatic carbocycles. The molecule has 0 nitrogen and oxygen atoms in total. The largest absolute Gasteiger partial charge is 0.288 e. The Morgan fingerprint density at radius 2 is 1.46 bits per heavy atom. The summed E-state index contributed by atoms with van der Waals surface area (Å²) in [4.78, 5) is 0.564. The molecule has 0 N–H and O–H groups in total. The van der Waals surface area contributed by atoms with Crippen molar-refractivity contribution in [2.24, 2.45) is 5.92 Å². The summed E-state index contributed by atoms with van der Waals surface area (Å²) >= 11 is 0.559. The fraction of sp³-hybridized carbons (Fsp3) is 0.440. The maximum Gasteiger partial charge on any atom is 0.288 e. The maximum absolute atomic E-state index is 12.4. The first kappa shape index (κ1) is 20.9. The Hall–Kier alpha value is -1.79. The number of hydrogen-bond donors (Lipinski definition) is 0. The summed E-state index contributed by atoms with van der Waals surface area (Å²) in [6, 6.07) is 15.6. The van der Waals surface area contributed by atoms with Gasteiger partial charge in [0.15, 0.2) is 0 Å². The predicted octanol–water partition coefficient (Wildman–Crippen LogP) is 7.87. The molecule has 1 aliphatic rings. The van der Waals surface area contributed by atoms with Crippen LogP contribution < -0.4 is 0 Å². The zero-order valence-corrected chi connectivity index (χ0v) is 17.3. The Labute approximate surface area is 172 Å². The van der Waals surface area contributed by atoms with Gasteiger partial charge in [-0.1, -0.05) is 61.9 Å². The Morgan fingerprint density at radius 3 is 2.00 bits per heavy atom. The van der Waals surface area contributed by atoms with Gasteiger partial charge < -0.3 is 0 Å². The van der Waals surface area contributed by atoms with Crippen molar-refractivity contribution in [2.45, 2.75) is 68.4 Å². The van der Waals surface area contributed by atoms with Crippen LogP contribution in [0.25, 0.3) is 0 Å². The first-order valence-electron chi connectivity index (χ1n) is 10.3. The summed E-state index contributed by atoms with van der Waals surface area (Å²) in [5.74, 6) is 5.54. The van der Waals surface area contributed by atoms with Crippen LogP contribution in [-0.2, 0) is 0 Å². The van der Waals surface area contributed by atoms with Gasteiger partial charge in [-0.2, -0.15) is 8.78 Å². The summed E-state index contributed by atoms with van der Waals surface area (Å²) in [7, 11) is 0. The minimum Gasteiger partial charge on any atom is -0.198 e. The number of thioether (sulfide) groups is 1. The molecule has 1 saturated carbocycles. The van der Waals surface area contributed by atoms with Gasteiger partial charge in [0.25, 0.3) is 5.76 Å².